The highest BCUT2D eigenvalue weighted by molar-refractivity contribution is 5.80. The molecule has 3 nitrogen and oxygen atoms in total. The normalized spacial score (nSPS) is 49.9. The highest BCUT2D eigenvalue weighted by Crippen LogP contribution is 2.56. The molecule has 5 rings (SSSR count). The lowest BCUT2D eigenvalue weighted by Crippen LogP contribution is -2.51. The zero-order valence-electron chi connectivity index (χ0n) is 11.1. The second kappa shape index (κ2) is 3.96. The van der Waals surface area contributed by atoms with Crippen LogP contribution in [-0.2, 0) is 4.79 Å². The molecule has 0 aromatic carbocycles. The molecule has 0 aromatic heterocycles. The Hall–Kier alpha value is -0.570. The first-order chi connectivity index (χ1) is 8.70. The Bertz CT molecular complexity index is 340. The van der Waals surface area contributed by atoms with Crippen molar-refractivity contribution in [3.05, 3.63) is 0 Å². The fraction of sp³-hybridized carbons (Fsp3) is 0.933. The van der Waals surface area contributed by atoms with Crippen molar-refractivity contribution in [1.82, 2.24) is 4.90 Å². The summed E-state index contributed by atoms with van der Waals surface area (Å²) < 4.78 is 0. The average Bonchev–Trinajstić information content (AvgIpc) is 2.74. The van der Waals surface area contributed by atoms with Crippen LogP contribution in [0.5, 0.6) is 0 Å². The molecule has 1 atom stereocenters. The molecule has 18 heavy (non-hydrogen) atoms. The molecule has 0 aromatic rings. The number of rotatable bonds is 1. The molecule has 0 radical (unpaired) electrons. The number of nitrogens with zero attached hydrogens (tertiary/aromatic N) is 1. The molecule has 5 fully saturated rings. The molecule has 4 saturated carbocycles. The maximum absolute atomic E-state index is 12.8. The molecule has 1 amide bonds. The fourth-order valence-electron chi connectivity index (χ4n) is 5.53. The second-order valence-electron chi connectivity index (χ2n) is 7.29. The molecule has 4 bridgehead atoms. The van der Waals surface area contributed by atoms with Crippen LogP contribution in [0, 0.1) is 29.6 Å². The summed E-state index contributed by atoms with van der Waals surface area (Å²) in [5.41, 5.74) is 5.94. The van der Waals surface area contributed by atoms with Crippen LogP contribution in [0.15, 0.2) is 0 Å². The molecule has 5 aliphatic rings. The summed E-state index contributed by atoms with van der Waals surface area (Å²) in [4.78, 5) is 14.8. The second-order valence-corrected chi connectivity index (χ2v) is 7.29. The number of carbonyl (C=O) groups excluding carboxylic acids is 1. The van der Waals surface area contributed by atoms with Gasteiger partial charge in [-0.05, 0) is 62.2 Å². The topological polar surface area (TPSA) is 46.3 Å². The molecule has 2 N–H and O–H groups in total. The lowest BCUT2D eigenvalue weighted by atomic mass is 9.51. The zero-order chi connectivity index (χ0) is 12.3. The van der Waals surface area contributed by atoms with E-state index in [2.05, 4.69) is 4.90 Å². The van der Waals surface area contributed by atoms with Crippen LogP contribution >= 0.6 is 0 Å². The Labute approximate surface area is 109 Å². The molecule has 100 valence electrons. The summed E-state index contributed by atoms with van der Waals surface area (Å²) in [6, 6.07) is 0.228. The van der Waals surface area contributed by atoms with Crippen molar-refractivity contribution >= 4 is 5.91 Å². The zero-order valence-corrected chi connectivity index (χ0v) is 11.1. The van der Waals surface area contributed by atoms with E-state index in [9.17, 15) is 4.79 Å². The smallest absolute Gasteiger partial charge is 0.226 e. The van der Waals surface area contributed by atoms with Crippen LogP contribution in [0.2, 0.25) is 0 Å². The first kappa shape index (κ1) is 11.3. The molecular weight excluding hydrogens is 224 g/mol. The van der Waals surface area contributed by atoms with E-state index in [-0.39, 0.29) is 6.04 Å². The number of nitrogens with two attached hydrogens (primary N) is 1. The van der Waals surface area contributed by atoms with Crippen molar-refractivity contribution in [2.24, 2.45) is 35.3 Å². The molecule has 3 heteroatoms. The van der Waals surface area contributed by atoms with Gasteiger partial charge in [-0.25, -0.2) is 0 Å². The number of carbonyl (C=O) groups is 1. The number of hydrogen-bond donors (Lipinski definition) is 1. The Kier molecular flexibility index (Phi) is 2.48. The maximum Gasteiger partial charge on any atom is 0.226 e. The van der Waals surface area contributed by atoms with E-state index in [0.29, 0.717) is 23.7 Å². The van der Waals surface area contributed by atoms with Gasteiger partial charge in [0.05, 0.1) is 0 Å². The summed E-state index contributed by atoms with van der Waals surface area (Å²) in [6.45, 7) is 1.71. The van der Waals surface area contributed by atoms with E-state index in [1.807, 2.05) is 0 Å². The standard InChI is InChI=1S/C15H24N2O/c16-13-1-2-17(8-13)15(18)14-11-4-9-3-10(6-11)7-12(14)5-9/h9-14H,1-8,16H2/t9?,10?,11?,12?,13-,14?/m1/s1. The van der Waals surface area contributed by atoms with Gasteiger partial charge in [-0.2, -0.15) is 0 Å². The molecule has 1 aliphatic heterocycles. The van der Waals surface area contributed by atoms with Gasteiger partial charge in [0.2, 0.25) is 5.91 Å². The Morgan fingerprint density at radius 2 is 1.61 bits per heavy atom. The van der Waals surface area contributed by atoms with Crippen LogP contribution in [0.1, 0.15) is 38.5 Å². The van der Waals surface area contributed by atoms with Gasteiger partial charge < -0.3 is 10.6 Å². The predicted octanol–water partition coefficient (Wildman–Crippen LogP) is 1.62. The van der Waals surface area contributed by atoms with E-state index >= 15 is 0 Å². The van der Waals surface area contributed by atoms with E-state index in [0.717, 1.165) is 31.3 Å². The quantitative estimate of drug-likeness (QED) is 0.766. The summed E-state index contributed by atoms with van der Waals surface area (Å²) in [7, 11) is 0. The van der Waals surface area contributed by atoms with Crippen LogP contribution < -0.4 is 5.73 Å². The average molecular weight is 248 g/mol. The van der Waals surface area contributed by atoms with Crippen molar-refractivity contribution in [3.63, 3.8) is 0 Å². The largest absolute Gasteiger partial charge is 0.341 e. The maximum atomic E-state index is 12.8. The van der Waals surface area contributed by atoms with Gasteiger partial charge in [-0.3, -0.25) is 4.79 Å². The third-order valence-corrected chi connectivity index (χ3v) is 6.05. The molecule has 1 heterocycles. The summed E-state index contributed by atoms with van der Waals surface area (Å²) in [5, 5.41) is 0. The lowest BCUT2D eigenvalue weighted by molar-refractivity contribution is -0.148. The van der Waals surface area contributed by atoms with Gasteiger partial charge in [0, 0.05) is 25.0 Å². The van der Waals surface area contributed by atoms with Gasteiger partial charge in [0.25, 0.3) is 0 Å². The molecule has 0 spiro atoms. The molecule has 0 unspecified atom stereocenters. The monoisotopic (exact) mass is 248 g/mol. The van der Waals surface area contributed by atoms with Crippen molar-refractivity contribution in [1.29, 1.82) is 0 Å². The summed E-state index contributed by atoms with van der Waals surface area (Å²) in [6.07, 6.45) is 7.81. The first-order valence-electron chi connectivity index (χ1n) is 7.75. The molecular formula is C15H24N2O. The van der Waals surface area contributed by atoms with E-state index in [1.165, 1.54) is 32.1 Å². The van der Waals surface area contributed by atoms with Crippen molar-refractivity contribution < 1.29 is 4.79 Å². The Morgan fingerprint density at radius 3 is 2.11 bits per heavy atom. The summed E-state index contributed by atoms with van der Waals surface area (Å²) in [5.74, 6) is 4.16. The molecule has 4 aliphatic carbocycles. The third-order valence-electron chi connectivity index (χ3n) is 6.05. The third kappa shape index (κ3) is 1.63. The highest BCUT2D eigenvalue weighted by atomic mass is 16.2. The van der Waals surface area contributed by atoms with E-state index in [4.69, 9.17) is 5.73 Å². The van der Waals surface area contributed by atoms with Crippen LogP contribution in [0.3, 0.4) is 0 Å². The van der Waals surface area contributed by atoms with Gasteiger partial charge in [-0.15, -0.1) is 0 Å². The van der Waals surface area contributed by atoms with Crippen molar-refractivity contribution in [2.45, 2.75) is 44.6 Å². The Balaban J connectivity index is 1.52. The van der Waals surface area contributed by atoms with E-state index < -0.39 is 0 Å². The van der Waals surface area contributed by atoms with Crippen molar-refractivity contribution in [3.8, 4) is 0 Å². The minimum atomic E-state index is 0.228. The van der Waals surface area contributed by atoms with Crippen LogP contribution in [0.25, 0.3) is 0 Å². The van der Waals surface area contributed by atoms with Crippen LogP contribution in [0.4, 0.5) is 0 Å². The first-order valence-corrected chi connectivity index (χ1v) is 7.75. The number of hydrogen-bond acceptors (Lipinski definition) is 2. The fourth-order valence-corrected chi connectivity index (χ4v) is 5.53. The lowest BCUT2D eigenvalue weighted by Gasteiger charge is -2.54. The minimum Gasteiger partial charge on any atom is -0.341 e. The van der Waals surface area contributed by atoms with Crippen LogP contribution in [-0.4, -0.2) is 29.9 Å². The molecule has 1 saturated heterocycles. The summed E-state index contributed by atoms with van der Waals surface area (Å²) >= 11 is 0. The van der Waals surface area contributed by atoms with Crippen molar-refractivity contribution in [2.75, 3.05) is 13.1 Å². The van der Waals surface area contributed by atoms with Gasteiger partial charge >= 0.3 is 0 Å². The van der Waals surface area contributed by atoms with Gasteiger partial charge in [0.1, 0.15) is 0 Å². The van der Waals surface area contributed by atoms with E-state index in [1.54, 1.807) is 0 Å². The minimum absolute atomic E-state index is 0.228. The number of likely N-dealkylation sites (tertiary alicyclic amines) is 1. The highest BCUT2D eigenvalue weighted by Gasteiger charge is 2.51. The SMILES string of the molecule is N[C@@H]1CCN(C(=O)C2C3CC4CC(C3)CC2C4)C1. The number of amides is 1. The van der Waals surface area contributed by atoms with Gasteiger partial charge in [0.15, 0.2) is 0 Å². The predicted molar refractivity (Wildman–Crippen MR) is 69.7 cm³/mol. The van der Waals surface area contributed by atoms with Gasteiger partial charge in [-0.1, -0.05) is 0 Å². The Morgan fingerprint density at radius 1 is 1.00 bits per heavy atom.